The topological polar surface area (TPSA) is 95.7 Å². The highest BCUT2D eigenvalue weighted by Crippen LogP contribution is 2.10. The fourth-order valence-electron chi connectivity index (χ4n) is 1.68. The zero-order valence-corrected chi connectivity index (χ0v) is 12.4. The number of hydrogen-bond acceptors (Lipinski definition) is 5. The molecule has 2 rings (SSSR count). The number of carbonyl (C=O) groups excluding carboxylic acids is 1. The van der Waals surface area contributed by atoms with Gasteiger partial charge in [-0.1, -0.05) is 0 Å². The van der Waals surface area contributed by atoms with Crippen LogP contribution in [0.2, 0.25) is 0 Å². The second-order valence-corrected chi connectivity index (χ2v) is 5.51. The predicted octanol–water partition coefficient (Wildman–Crippen LogP) is 2.08. The average molecular weight is 309 g/mol. The number of thiazole rings is 1. The van der Waals surface area contributed by atoms with E-state index in [0.717, 1.165) is 10.7 Å². The van der Waals surface area contributed by atoms with Gasteiger partial charge in [0, 0.05) is 12.4 Å². The maximum absolute atomic E-state index is 11.9. The molecule has 2 heterocycles. The van der Waals surface area contributed by atoms with Crippen LogP contribution >= 0.6 is 11.3 Å². The summed E-state index contributed by atoms with van der Waals surface area (Å²) in [5.74, 6) is -0.896. The number of aromatic nitrogens is 1. The zero-order valence-electron chi connectivity index (χ0n) is 11.6. The molecule has 7 nitrogen and oxygen atoms in total. The first kappa shape index (κ1) is 15.0. The van der Waals surface area contributed by atoms with Crippen molar-refractivity contribution in [3.63, 3.8) is 0 Å². The van der Waals surface area contributed by atoms with Crippen LogP contribution in [0.15, 0.2) is 21.9 Å². The van der Waals surface area contributed by atoms with E-state index < -0.39 is 5.97 Å². The van der Waals surface area contributed by atoms with Gasteiger partial charge in [0.25, 0.3) is 0 Å². The van der Waals surface area contributed by atoms with Crippen molar-refractivity contribution in [2.24, 2.45) is 0 Å². The second-order valence-electron chi connectivity index (χ2n) is 4.44. The lowest BCUT2D eigenvalue weighted by Gasteiger charge is -2.16. The third kappa shape index (κ3) is 4.06. The summed E-state index contributed by atoms with van der Waals surface area (Å²) in [6.07, 6.45) is 0. The summed E-state index contributed by atoms with van der Waals surface area (Å²) in [5.41, 5.74) is 0.835. The molecule has 0 aliphatic rings. The van der Waals surface area contributed by atoms with E-state index in [1.54, 1.807) is 7.05 Å². The Morgan fingerprint density at radius 2 is 2.24 bits per heavy atom. The van der Waals surface area contributed by atoms with Crippen molar-refractivity contribution >= 4 is 23.3 Å². The van der Waals surface area contributed by atoms with Crippen LogP contribution in [0.25, 0.3) is 0 Å². The van der Waals surface area contributed by atoms with Gasteiger partial charge < -0.3 is 19.7 Å². The molecular weight excluding hydrogens is 294 g/mol. The first-order chi connectivity index (χ1) is 9.95. The molecule has 0 atom stereocenters. The highest BCUT2D eigenvalue weighted by Gasteiger charge is 2.13. The Bertz CT molecular complexity index is 649. The van der Waals surface area contributed by atoms with Crippen LogP contribution in [0.4, 0.5) is 4.79 Å². The Morgan fingerprint density at radius 1 is 1.48 bits per heavy atom. The quantitative estimate of drug-likeness (QED) is 0.881. The van der Waals surface area contributed by atoms with Gasteiger partial charge in [0.05, 0.1) is 23.8 Å². The molecule has 0 aliphatic heterocycles. The van der Waals surface area contributed by atoms with E-state index in [4.69, 9.17) is 9.52 Å². The molecular formula is C13H15N3O4S. The fourth-order valence-corrected chi connectivity index (χ4v) is 2.29. The van der Waals surface area contributed by atoms with Crippen molar-refractivity contribution in [3.05, 3.63) is 39.7 Å². The number of aromatic carboxylic acids is 1. The van der Waals surface area contributed by atoms with Crippen LogP contribution in [-0.4, -0.2) is 34.0 Å². The standard InChI is InChI=1S/C13H15N3O4S/c1-8-15-9(7-21-8)6-16(2)13(19)14-5-10-3-4-11(20-10)12(17)18/h3-4,7H,5-6H2,1-2H3,(H,14,19)(H,17,18). The van der Waals surface area contributed by atoms with Crippen molar-refractivity contribution in [3.8, 4) is 0 Å². The molecule has 21 heavy (non-hydrogen) atoms. The van der Waals surface area contributed by atoms with E-state index in [1.165, 1.54) is 28.4 Å². The molecule has 0 saturated heterocycles. The van der Waals surface area contributed by atoms with Gasteiger partial charge in [0.1, 0.15) is 5.76 Å². The smallest absolute Gasteiger partial charge is 0.371 e. The van der Waals surface area contributed by atoms with Crippen molar-refractivity contribution < 1.29 is 19.1 Å². The largest absolute Gasteiger partial charge is 0.475 e. The van der Waals surface area contributed by atoms with E-state index in [1.807, 2.05) is 12.3 Å². The van der Waals surface area contributed by atoms with Crippen LogP contribution in [0, 0.1) is 6.92 Å². The van der Waals surface area contributed by atoms with Crippen LogP contribution < -0.4 is 5.32 Å². The van der Waals surface area contributed by atoms with E-state index in [-0.39, 0.29) is 18.3 Å². The molecule has 2 aromatic heterocycles. The second kappa shape index (κ2) is 6.40. The monoisotopic (exact) mass is 309 g/mol. The Balaban J connectivity index is 1.84. The average Bonchev–Trinajstić information content (AvgIpc) is 3.05. The lowest BCUT2D eigenvalue weighted by Crippen LogP contribution is -2.36. The van der Waals surface area contributed by atoms with Crippen molar-refractivity contribution in [1.82, 2.24) is 15.2 Å². The van der Waals surface area contributed by atoms with Crippen LogP contribution in [0.5, 0.6) is 0 Å². The summed E-state index contributed by atoms with van der Waals surface area (Å²) in [6, 6.07) is 2.59. The molecule has 0 saturated carbocycles. The van der Waals surface area contributed by atoms with Gasteiger partial charge in [-0.15, -0.1) is 11.3 Å². The van der Waals surface area contributed by atoms with Gasteiger partial charge in [-0.25, -0.2) is 14.6 Å². The van der Waals surface area contributed by atoms with Crippen molar-refractivity contribution in [2.45, 2.75) is 20.0 Å². The number of amides is 2. The van der Waals surface area contributed by atoms with Crippen LogP contribution in [0.1, 0.15) is 27.0 Å². The van der Waals surface area contributed by atoms with Crippen molar-refractivity contribution in [2.75, 3.05) is 7.05 Å². The molecule has 112 valence electrons. The number of carbonyl (C=O) groups is 2. The van der Waals surface area contributed by atoms with E-state index >= 15 is 0 Å². The highest BCUT2D eigenvalue weighted by atomic mass is 32.1. The maximum Gasteiger partial charge on any atom is 0.371 e. The third-order valence-corrected chi connectivity index (χ3v) is 3.52. The summed E-state index contributed by atoms with van der Waals surface area (Å²) < 4.78 is 5.05. The first-order valence-electron chi connectivity index (χ1n) is 6.17. The lowest BCUT2D eigenvalue weighted by molar-refractivity contribution is 0.0660. The number of rotatable bonds is 5. The number of urea groups is 1. The summed E-state index contributed by atoms with van der Waals surface area (Å²) in [6.45, 7) is 2.45. The molecule has 2 aromatic rings. The SMILES string of the molecule is Cc1nc(CN(C)C(=O)NCc2ccc(C(=O)O)o2)cs1. The number of nitrogens with one attached hydrogen (secondary N) is 1. The van der Waals surface area contributed by atoms with Gasteiger partial charge in [0.2, 0.25) is 5.76 Å². The van der Waals surface area contributed by atoms with Crippen molar-refractivity contribution in [1.29, 1.82) is 0 Å². The molecule has 0 bridgehead atoms. The number of nitrogens with zero attached hydrogens (tertiary/aromatic N) is 2. The summed E-state index contributed by atoms with van der Waals surface area (Å²) in [7, 11) is 1.66. The number of hydrogen-bond donors (Lipinski definition) is 2. The van der Waals surface area contributed by atoms with E-state index in [9.17, 15) is 9.59 Å². The van der Waals surface area contributed by atoms with Gasteiger partial charge in [-0.05, 0) is 19.1 Å². The minimum absolute atomic E-state index is 0.131. The lowest BCUT2D eigenvalue weighted by atomic mass is 10.4. The summed E-state index contributed by atoms with van der Waals surface area (Å²) in [5, 5.41) is 14.3. The summed E-state index contributed by atoms with van der Waals surface area (Å²) >= 11 is 1.53. The van der Waals surface area contributed by atoms with Gasteiger partial charge >= 0.3 is 12.0 Å². The van der Waals surface area contributed by atoms with Gasteiger partial charge in [-0.3, -0.25) is 0 Å². The molecule has 2 N–H and O–H groups in total. The zero-order chi connectivity index (χ0) is 15.4. The Labute approximate surface area is 125 Å². The number of carboxylic acids is 1. The Kier molecular flexibility index (Phi) is 4.59. The summed E-state index contributed by atoms with van der Waals surface area (Å²) in [4.78, 5) is 28.4. The molecule has 0 radical (unpaired) electrons. The van der Waals surface area contributed by atoms with Gasteiger partial charge in [0.15, 0.2) is 0 Å². The molecule has 8 heteroatoms. The Hall–Kier alpha value is -2.35. The minimum atomic E-state index is -1.14. The van der Waals surface area contributed by atoms with Gasteiger partial charge in [-0.2, -0.15) is 0 Å². The predicted molar refractivity (Wildman–Crippen MR) is 76.2 cm³/mol. The molecule has 2 amide bonds. The van der Waals surface area contributed by atoms with E-state index in [0.29, 0.717) is 12.3 Å². The highest BCUT2D eigenvalue weighted by molar-refractivity contribution is 7.09. The fraction of sp³-hybridized carbons (Fsp3) is 0.308. The molecule has 0 unspecified atom stereocenters. The molecule has 0 aliphatic carbocycles. The van der Waals surface area contributed by atoms with Crippen LogP contribution in [-0.2, 0) is 13.1 Å². The van der Waals surface area contributed by atoms with Crippen LogP contribution in [0.3, 0.4) is 0 Å². The number of furan rings is 1. The number of aryl methyl sites for hydroxylation is 1. The number of carboxylic acid groups (broad SMARTS) is 1. The molecule has 0 spiro atoms. The minimum Gasteiger partial charge on any atom is -0.475 e. The normalized spacial score (nSPS) is 10.4. The maximum atomic E-state index is 11.9. The Morgan fingerprint density at radius 3 is 2.81 bits per heavy atom. The third-order valence-electron chi connectivity index (χ3n) is 2.70. The van der Waals surface area contributed by atoms with E-state index in [2.05, 4.69) is 10.3 Å². The molecule has 0 fully saturated rings. The first-order valence-corrected chi connectivity index (χ1v) is 7.05. The molecule has 0 aromatic carbocycles.